The Hall–Kier alpha value is -1.60. The molecule has 0 aliphatic carbocycles. The van der Waals surface area contributed by atoms with E-state index in [1.165, 1.54) is 22.3 Å². The number of aliphatic hydroxyl groups excluding tert-OH is 1. The Labute approximate surface area is 115 Å². The van der Waals surface area contributed by atoms with Gasteiger partial charge in [0, 0.05) is 5.92 Å². The van der Waals surface area contributed by atoms with Crippen LogP contribution in [0.1, 0.15) is 35.1 Å². The minimum absolute atomic E-state index is 0.187. The lowest BCUT2D eigenvalue weighted by Gasteiger charge is -2.16. The van der Waals surface area contributed by atoms with Gasteiger partial charge in [-0.25, -0.2) is 0 Å². The molecule has 1 unspecified atom stereocenters. The van der Waals surface area contributed by atoms with Gasteiger partial charge >= 0.3 is 0 Å². The molecule has 0 saturated heterocycles. The summed E-state index contributed by atoms with van der Waals surface area (Å²) in [7, 11) is 0. The molecule has 0 fully saturated rings. The molecule has 0 heterocycles. The van der Waals surface area contributed by atoms with Gasteiger partial charge in [0.2, 0.25) is 0 Å². The van der Waals surface area contributed by atoms with E-state index in [4.69, 9.17) is 0 Å². The molecule has 19 heavy (non-hydrogen) atoms. The molecular weight excluding hydrogens is 232 g/mol. The molecule has 1 heteroatoms. The van der Waals surface area contributed by atoms with E-state index >= 15 is 0 Å². The topological polar surface area (TPSA) is 20.2 Å². The van der Waals surface area contributed by atoms with Gasteiger partial charge in [-0.3, -0.25) is 0 Å². The van der Waals surface area contributed by atoms with Gasteiger partial charge in [-0.2, -0.15) is 0 Å². The maximum absolute atomic E-state index is 9.66. The highest BCUT2D eigenvalue weighted by molar-refractivity contribution is 5.31. The standard InChI is InChI=1S/C18H22O/c1-3-15-8-10-16(11-9-15)18(13-19)12-17-7-5-4-6-14(17)2/h4-11,18-19H,3,12-13H2,1-2H3. The largest absolute Gasteiger partial charge is 0.396 e. The Morgan fingerprint density at radius 1 is 1.00 bits per heavy atom. The second-order valence-corrected chi connectivity index (χ2v) is 5.11. The van der Waals surface area contributed by atoms with E-state index in [-0.39, 0.29) is 12.5 Å². The van der Waals surface area contributed by atoms with E-state index in [1.54, 1.807) is 0 Å². The van der Waals surface area contributed by atoms with E-state index < -0.39 is 0 Å². The van der Waals surface area contributed by atoms with Crippen molar-refractivity contribution in [2.24, 2.45) is 0 Å². The average molecular weight is 254 g/mol. The summed E-state index contributed by atoms with van der Waals surface area (Å²) in [5.41, 5.74) is 5.19. The summed E-state index contributed by atoms with van der Waals surface area (Å²) in [5.74, 6) is 0.187. The van der Waals surface area contributed by atoms with Crippen LogP contribution < -0.4 is 0 Å². The lowest BCUT2D eigenvalue weighted by molar-refractivity contribution is 0.264. The van der Waals surface area contributed by atoms with Gasteiger partial charge in [0.05, 0.1) is 6.61 Å². The molecule has 0 radical (unpaired) electrons. The summed E-state index contributed by atoms with van der Waals surface area (Å²) in [6.07, 6.45) is 1.95. The highest BCUT2D eigenvalue weighted by Gasteiger charge is 2.12. The van der Waals surface area contributed by atoms with Crippen molar-refractivity contribution in [3.63, 3.8) is 0 Å². The van der Waals surface area contributed by atoms with Crippen molar-refractivity contribution in [1.29, 1.82) is 0 Å². The molecule has 1 atom stereocenters. The Balaban J connectivity index is 2.17. The van der Waals surface area contributed by atoms with Gasteiger partial charge in [0.15, 0.2) is 0 Å². The second kappa shape index (κ2) is 6.53. The molecule has 1 nitrogen and oxygen atoms in total. The third kappa shape index (κ3) is 3.45. The number of hydrogen-bond acceptors (Lipinski definition) is 1. The fourth-order valence-corrected chi connectivity index (χ4v) is 2.42. The second-order valence-electron chi connectivity index (χ2n) is 5.11. The van der Waals surface area contributed by atoms with Crippen molar-refractivity contribution >= 4 is 0 Å². The summed E-state index contributed by atoms with van der Waals surface area (Å²) in [6, 6.07) is 17.0. The van der Waals surface area contributed by atoms with Crippen molar-refractivity contribution < 1.29 is 5.11 Å². The molecule has 100 valence electrons. The van der Waals surface area contributed by atoms with Crippen LogP contribution in [0.15, 0.2) is 48.5 Å². The smallest absolute Gasteiger partial charge is 0.0502 e. The Morgan fingerprint density at radius 2 is 1.68 bits per heavy atom. The summed E-state index contributed by atoms with van der Waals surface area (Å²) in [5, 5.41) is 9.66. The molecule has 2 aromatic carbocycles. The molecular formula is C18H22O. The molecule has 0 spiro atoms. The third-order valence-corrected chi connectivity index (χ3v) is 3.81. The van der Waals surface area contributed by atoms with Gasteiger partial charge in [-0.1, -0.05) is 55.5 Å². The van der Waals surface area contributed by atoms with E-state index in [1.807, 2.05) is 0 Å². The molecule has 0 aliphatic heterocycles. The van der Waals surface area contributed by atoms with E-state index in [2.05, 4.69) is 62.4 Å². The minimum Gasteiger partial charge on any atom is -0.396 e. The Morgan fingerprint density at radius 3 is 2.26 bits per heavy atom. The van der Waals surface area contributed by atoms with Crippen LogP contribution in [0.5, 0.6) is 0 Å². The molecule has 0 aromatic heterocycles. The average Bonchev–Trinajstić information content (AvgIpc) is 2.47. The first-order valence-corrected chi connectivity index (χ1v) is 6.98. The van der Waals surface area contributed by atoms with Crippen molar-refractivity contribution in [3.8, 4) is 0 Å². The first-order chi connectivity index (χ1) is 9.24. The van der Waals surface area contributed by atoms with Crippen molar-refractivity contribution in [1.82, 2.24) is 0 Å². The molecule has 2 rings (SSSR count). The lowest BCUT2D eigenvalue weighted by atomic mass is 9.90. The summed E-state index contributed by atoms with van der Waals surface area (Å²) < 4.78 is 0. The quantitative estimate of drug-likeness (QED) is 0.858. The molecule has 0 saturated carbocycles. The zero-order valence-electron chi connectivity index (χ0n) is 11.8. The Kier molecular flexibility index (Phi) is 4.75. The molecule has 0 amide bonds. The lowest BCUT2D eigenvalue weighted by Crippen LogP contribution is -2.08. The van der Waals surface area contributed by atoms with E-state index in [0.29, 0.717) is 0 Å². The van der Waals surface area contributed by atoms with E-state index in [0.717, 1.165) is 12.8 Å². The molecule has 1 N–H and O–H groups in total. The number of benzene rings is 2. The van der Waals surface area contributed by atoms with Crippen LogP contribution in [0, 0.1) is 6.92 Å². The van der Waals surface area contributed by atoms with Crippen LogP contribution in [0.4, 0.5) is 0 Å². The fourth-order valence-electron chi connectivity index (χ4n) is 2.42. The van der Waals surface area contributed by atoms with Crippen LogP contribution in [-0.2, 0) is 12.8 Å². The summed E-state index contributed by atoms with van der Waals surface area (Å²) in [6.45, 7) is 4.48. The fraction of sp³-hybridized carbons (Fsp3) is 0.333. The van der Waals surface area contributed by atoms with Crippen LogP contribution >= 0.6 is 0 Å². The van der Waals surface area contributed by atoms with Gasteiger partial charge in [-0.05, 0) is 42.0 Å². The molecule has 0 bridgehead atoms. The number of aryl methyl sites for hydroxylation is 2. The predicted octanol–water partition coefficient (Wildman–Crippen LogP) is 3.88. The van der Waals surface area contributed by atoms with Crippen LogP contribution in [-0.4, -0.2) is 11.7 Å². The molecule has 0 aliphatic rings. The maximum atomic E-state index is 9.66. The van der Waals surface area contributed by atoms with Crippen LogP contribution in [0.2, 0.25) is 0 Å². The van der Waals surface area contributed by atoms with Crippen molar-refractivity contribution in [3.05, 3.63) is 70.8 Å². The highest BCUT2D eigenvalue weighted by Crippen LogP contribution is 2.22. The SMILES string of the molecule is CCc1ccc(C(CO)Cc2ccccc2C)cc1. The zero-order chi connectivity index (χ0) is 13.7. The predicted molar refractivity (Wildman–Crippen MR) is 80.5 cm³/mol. The van der Waals surface area contributed by atoms with E-state index in [9.17, 15) is 5.11 Å². The van der Waals surface area contributed by atoms with Crippen LogP contribution in [0.3, 0.4) is 0 Å². The number of rotatable bonds is 5. The summed E-state index contributed by atoms with van der Waals surface area (Å²) in [4.78, 5) is 0. The minimum atomic E-state index is 0.187. The first-order valence-electron chi connectivity index (χ1n) is 6.98. The van der Waals surface area contributed by atoms with Gasteiger partial charge in [0.25, 0.3) is 0 Å². The van der Waals surface area contributed by atoms with Gasteiger partial charge < -0.3 is 5.11 Å². The molecule has 2 aromatic rings. The van der Waals surface area contributed by atoms with Crippen molar-refractivity contribution in [2.75, 3.05) is 6.61 Å². The zero-order valence-corrected chi connectivity index (χ0v) is 11.8. The van der Waals surface area contributed by atoms with Gasteiger partial charge in [-0.15, -0.1) is 0 Å². The third-order valence-electron chi connectivity index (χ3n) is 3.81. The highest BCUT2D eigenvalue weighted by atomic mass is 16.3. The number of hydrogen-bond donors (Lipinski definition) is 1. The first kappa shape index (κ1) is 13.8. The Bertz CT molecular complexity index is 513. The van der Waals surface area contributed by atoms with Gasteiger partial charge in [0.1, 0.15) is 0 Å². The number of aliphatic hydroxyl groups is 1. The monoisotopic (exact) mass is 254 g/mol. The van der Waals surface area contributed by atoms with Crippen LogP contribution in [0.25, 0.3) is 0 Å². The normalized spacial score (nSPS) is 12.4. The maximum Gasteiger partial charge on any atom is 0.0502 e. The summed E-state index contributed by atoms with van der Waals surface area (Å²) >= 11 is 0. The van der Waals surface area contributed by atoms with Crippen molar-refractivity contribution in [2.45, 2.75) is 32.6 Å².